The smallest absolute Gasteiger partial charge is 0.357 e. The minimum absolute atomic E-state index is 0.0865. The molecule has 0 saturated heterocycles. The molecule has 1 heterocycles. The van der Waals surface area contributed by atoms with Crippen LogP contribution in [0.2, 0.25) is 0 Å². The maximum atomic E-state index is 13.8. The third-order valence-electron chi connectivity index (χ3n) is 2.41. The number of anilines is 2. The van der Waals surface area contributed by atoms with Crippen molar-refractivity contribution in [1.29, 1.82) is 0 Å². The fraction of sp³-hybridized carbons (Fsp3) is 0.167. The lowest BCUT2D eigenvalue weighted by Crippen LogP contribution is -2.03. The molecule has 0 unspecified atom stereocenters. The third-order valence-corrected chi connectivity index (χ3v) is 3.17. The van der Waals surface area contributed by atoms with Gasteiger partial charge in [-0.15, -0.1) is 11.3 Å². The van der Waals surface area contributed by atoms with Crippen LogP contribution in [0.25, 0.3) is 0 Å². The number of methoxy groups -OCH3 is 1. The van der Waals surface area contributed by atoms with E-state index in [0.717, 1.165) is 17.4 Å². The third kappa shape index (κ3) is 2.70. The van der Waals surface area contributed by atoms with Crippen LogP contribution in [0.15, 0.2) is 17.5 Å². The first kappa shape index (κ1) is 13.4. The van der Waals surface area contributed by atoms with Gasteiger partial charge in [0.15, 0.2) is 16.6 Å². The van der Waals surface area contributed by atoms with Gasteiger partial charge in [0.25, 0.3) is 0 Å². The molecule has 0 aliphatic heterocycles. The van der Waals surface area contributed by atoms with Crippen molar-refractivity contribution >= 4 is 28.1 Å². The predicted molar refractivity (Wildman–Crippen MR) is 67.8 cm³/mol. The number of carbonyl (C=O) groups is 1. The molecule has 0 bridgehead atoms. The molecule has 1 aromatic carbocycles. The zero-order valence-electron chi connectivity index (χ0n) is 10.2. The Morgan fingerprint density at radius 2 is 2.16 bits per heavy atom. The summed E-state index contributed by atoms with van der Waals surface area (Å²) in [5, 5.41) is 4.19. The lowest BCUT2D eigenvalue weighted by molar-refractivity contribution is 0.0595. The molecule has 7 heteroatoms. The summed E-state index contributed by atoms with van der Waals surface area (Å²) in [5.41, 5.74) is 0.114. The van der Waals surface area contributed by atoms with Crippen molar-refractivity contribution in [3.05, 3.63) is 40.4 Å². The van der Waals surface area contributed by atoms with Gasteiger partial charge in [0, 0.05) is 5.38 Å². The van der Waals surface area contributed by atoms with E-state index >= 15 is 0 Å². The quantitative estimate of drug-likeness (QED) is 0.879. The lowest BCUT2D eigenvalue weighted by atomic mass is 10.2. The topological polar surface area (TPSA) is 51.2 Å². The highest BCUT2D eigenvalue weighted by atomic mass is 32.1. The second-order valence-electron chi connectivity index (χ2n) is 3.71. The van der Waals surface area contributed by atoms with Gasteiger partial charge in [-0.1, -0.05) is 6.07 Å². The van der Waals surface area contributed by atoms with E-state index in [4.69, 9.17) is 0 Å². The van der Waals surface area contributed by atoms with Crippen LogP contribution in [-0.2, 0) is 4.74 Å². The van der Waals surface area contributed by atoms with E-state index in [0.29, 0.717) is 5.56 Å². The summed E-state index contributed by atoms with van der Waals surface area (Å²) in [4.78, 5) is 15.1. The van der Waals surface area contributed by atoms with E-state index in [1.165, 1.54) is 25.5 Å². The summed E-state index contributed by atoms with van der Waals surface area (Å²) < 4.78 is 31.8. The number of rotatable bonds is 3. The normalized spacial score (nSPS) is 10.3. The second-order valence-corrected chi connectivity index (χ2v) is 4.57. The zero-order chi connectivity index (χ0) is 14.0. The molecule has 0 aliphatic rings. The van der Waals surface area contributed by atoms with Crippen LogP contribution in [0.1, 0.15) is 16.1 Å². The first-order chi connectivity index (χ1) is 9.02. The Balaban J connectivity index is 2.29. The fourth-order valence-corrected chi connectivity index (χ4v) is 2.09. The van der Waals surface area contributed by atoms with Crippen molar-refractivity contribution in [2.75, 3.05) is 12.4 Å². The number of hydrogen-bond acceptors (Lipinski definition) is 5. The molecule has 0 fully saturated rings. The highest BCUT2D eigenvalue weighted by Crippen LogP contribution is 2.27. The van der Waals surface area contributed by atoms with Crippen LogP contribution in [-0.4, -0.2) is 18.1 Å². The first-order valence-corrected chi connectivity index (χ1v) is 6.16. The number of thiazole rings is 1. The monoisotopic (exact) mass is 284 g/mol. The second kappa shape index (κ2) is 5.31. The van der Waals surface area contributed by atoms with E-state index < -0.39 is 17.6 Å². The highest BCUT2D eigenvalue weighted by Gasteiger charge is 2.15. The number of aryl methyl sites for hydroxylation is 1. The standard InChI is InChI=1S/C12H10F2N2O2S/c1-6-3-4-7(13)10(9(6)14)16-12-15-8(5-19-12)11(17)18-2/h3-5H,1-2H3,(H,15,16). The van der Waals surface area contributed by atoms with Gasteiger partial charge < -0.3 is 10.1 Å². The van der Waals surface area contributed by atoms with Crippen LogP contribution in [0.3, 0.4) is 0 Å². The molecule has 2 rings (SSSR count). The number of aromatic nitrogens is 1. The largest absolute Gasteiger partial charge is 0.464 e. The molecule has 1 N–H and O–H groups in total. The lowest BCUT2D eigenvalue weighted by Gasteiger charge is -2.07. The average Bonchev–Trinajstić information content (AvgIpc) is 2.87. The summed E-state index contributed by atoms with van der Waals surface area (Å²) in [6, 6.07) is 2.51. The Morgan fingerprint density at radius 3 is 2.84 bits per heavy atom. The van der Waals surface area contributed by atoms with Gasteiger partial charge in [0.05, 0.1) is 7.11 Å². The summed E-state index contributed by atoms with van der Waals surface area (Å²) in [6.07, 6.45) is 0. The number of nitrogens with zero attached hydrogens (tertiary/aromatic N) is 1. The number of carbonyl (C=O) groups excluding carboxylic acids is 1. The van der Waals surface area contributed by atoms with Gasteiger partial charge in [-0.2, -0.15) is 0 Å². The van der Waals surface area contributed by atoms with Gasteiger partial charge in [-0.25, -0.2) is 18.6 Å². The van der Waals surface area contributed by atoms with Crippen molar-refractivity contribution < 1.29 is 18.3 Å². The Labute approximate surface area is 112 Å². The molecule has 0 atom stereocenters. The van der Waals surface area contributed by atoms with Gasteiger partial charge in [0.1, 0.15) is 11.5 Å². The molecular weight excluding hydrogens is 274 g/mol. The molecule has 4 nitrogen and oxygen atoms in total. The molecule has 0 saturated carbocycles. The first-order valence-electron chi connectivity index (χ1n) is 5.28. The van der Waals surface area contributed by atoms with Crippen molar-refractivity contribution in [2.45, 2.75) is 6.92 Å². The van der Waals surface area contributed by atoms with Crippen molar-refractivity contribution in [2.24, 2.45) is 0 Å². The Bertz CT molecular complexity index is 628. The van der Waals surface area contributed by atoms with E-state index in [9.17, 15) is 13.6 Å². The minimum Gasteiger partial charge on any atom is -0.464 e. The van der Waals surface area contributed by atoms with Gasteiger partial charge in [-0.3, -0.25) is 0 Å². The number of hydrogen-bond donors (Lipinski definition) is 1. The Morgan fingerprint density at radius 1 is 1.42 bits per heavy atom. The molecule has 0 spiro atoms. The Kier molecular flexibility index (Phi) is 3.75. The van der Waals surface area contributed by atoms with Crippen LogP contribution in [0, 0.1) is 18.6 Å². The van der Waals surface area contributed by atoms with Gasteiger partial charge in [-0.05, 0) is 18.6 Å². The molecule has 0 radical (unpaired) electrons. The summed E-state index contributed by atoms with van der Waals surface area (Å²) in [5.74, 6) is -2.01. The molecule has 1 aromatic heterocycles. The molecule has 2 aromatic rings. The predicted octanol–water partition coefficient (Wildman–Crippen LogP) is 3.26. The number of ether oxygens (including phenoxy) is 1. The molecule has 0 amide bonds. The maximum absolute atomic E-state index is 13.8. The van der Waals surface area contributed by atoms with E-state index in [2.05, 4.69) is 15.0 Å². The van der Waals surface area contributed by atoms with Crippen molar-refractivity contribution in [3.63, 3.8) is 0 Å². The SMILES string of the molecule is COC(=O)c1csc(Nc2c(F)ccc(C)c2F)n1. The summed E-state index contributed by atoms with van der Waals surface area (Å²) in [6.45, 7) is 1.53. The van der Waals surface area contributed by atoms with Crippen LogP contribution >= 0.6 is 11.3 Å². The van der Waals surface area contributed by atoms with Crippen LogP contribution < -0.4 is 5.32 Å². The number of nitrogens with one attached hydrogen (secondary N) is 1. The number of esters is 1. The van der Waals surface area contributed by atoms with Gasteiger partial charge in [0.2, 0.25) is 0 Å². The zero-order valence-corrected chi connectivity index (χ0v) is 11.0. The Hall–Kier alpha value is -2.02. The minimum atomic E-state index is -0.724. The van der Waals surface area contributed by atoms with E-state index in [-0.39, 0.29) is 16.5 Å². The number of halogens is 2. The fourth-order valence-electron chi connectivity index (χ4n) is 1.41. The van der Waals surface area contributed by atoms with Gasteiger partial charge >= 0.3 is 5.97 Å². The van der Waals surface area contributed by atoms with E-state index in [1.54, 1.807) is 0 Å². The van der Waals surface area contributed by atoms with E-state index in [1.807, 2.05) is 0 Å². The molecular formula is C12H10F2N2O2S. The molecule has 0 aliphatic carbocycles. The average molecular weight is 284 g/mol. The van der Waals surface area contributed by atoms with Crippen molar-refractivity contribution in [3.8, 4) is 0 Å². The summed E-state index contributed by atoms with van der Waals surface area (Å²) in [7, 11) is 1.23. The maximum Gasteiger partial charge on any atom is 0.357 e. The van der Waals surface area contributed by atoms with Crippen molar-refractivity contribution in [1.82, 2.24) is 4.98 Å². The highest BCUT2D eigenvalue weighted by molar-refractivity contribution is 7.14. The molecule has 100 valence electrons. The summed E-state index contributed by atoms with van der Waals surface area (Å²) >= 11 is 1.05. The van der Waals surface area contributed by atoms with Crippen LogP contribution in [0.5, 0.6) is 0 Å². The number of benzene rings is 1. The molecule has 19 heavy (non-hydrogen) atoms. The van der Waals surface area contributed by atoms with Crippen LogP contribution in [0.4, 0.5) is 19.6 Å².